The maximum absolute atomic E-state index is 13.7. The molecule has 0 spiro atoms. The Morgan fingerprint density at radius 3 is 3.00 bits per heavy atom. The van der Waals surface area contributed by atoms with E-state index < -0.39 is 0 Å². The number of nitrogens with zero attached hydrogens (tertiary/aromatic N) is 4. The number of halogens is 1. The molecule has 1 aromatic carbocycles. The van der Waals surface area contributed by atoms with Crippen molar-refractivity contribution in [3.05, 3.63) is 54.0 Å². The van der Waals surface area contributed by atoms with Gasteiger partial charge in [0.1, 0.15) is 5.82 Å². The number of carbonyl (C=O) groups is 1. The molecular weight excluding hydrogens is 333 g/mol. The lowest BCUT2D eigenvalue weighted by Crippen LogP contribution is -2.41. The summed E-state index contributed by atoms with van der Waals surface area (Å²) in [6.07, 6.45) is 3.61. The maximum Gasteiger partial charge on any atom is 0.231 e. The lowest BCUT2D eigenvalue weighted by molar-refractivity contribution is -0.120. The number of fused-ring (bicyclic) bond motifs is 1. The van der Waals surface area contributed by atoms with E-state index in [1.165, 1.54) is 6.07 Å². The monoisotopic (exact) mass is 353 g/mol. The number of benzene rings is 1. The zero-order valence-corrected chi connectivity index (χ0v) is 14.5. The first-order valence-corrected chi connectivity index (χ1v) is 8.73. The molecule has 0 bridgehead atoms. The van der Waals surface area contributed by atoms with E-state index in [2.05, 4.69) is 20.4 Å². The van der Waals surface area contributed by atoms with Crippen LogP contribution in [0.2, 0.25) is 0 Å². The molecule has 6 nitrogen and oxygen atoms in total. The summed E-state index contributed by atoms with van der Waals surface area (Å²) in [5.41, 5.74) is 1.83. The zero-order valence-electron chi connectivity index (χ0n) is 14.5. The van der Waals surface area contributed by atoms with Gasteiger partial charge in [0.05, 0.1) is 5.92 Å². The average molecular weight is 353 g/mol. The van der Waals surface area contributed by atoms with Gasteiger partial charge >= 0.3 is 0 Å². The Hall–Kier alpha value is -2.96. The van der Waals surface area contributed by atoms with Gasteiger partial charge in [-0.25, -0.2) is 4.39 Å². The van der Waals surface area contributed by atoms with Gasteiger partial charge in [0.15, 0.2) is 5.65 Å². The van der Waals surface area contributed by atoms with Crippen molar-refractivity contribution in [2.24, 2.45) is 5.92 Å². The standard InChI is InChI=1S/C19H20FN5O/c1-13-7-8-15(11-16(13)20)21-18(26)14-5-4-9-24(12-14)19-23-22-17-6-2-3-10-25(17)19/h2-3,6-8,10-11,14H,4-5,9,12H2,1H3,(H,21,26). The summed E-state index contributed by atoms with van der Waals surface area (Å²) in [6, 6.07) is 10.5. The number of amides is 1. The number of anilines is 2. The topological polar surface area (TPSA) is 62.5 Å². The molecule has 3 aromatic rings. The molecular formula is C19H20FN5O. The van der Waals surface area contributed by atoms with Gasteiger partial charge < -0.3 is 10.2 Å². The molecule has 4 rings (SSSR count). The number of hydrogen-bond donors (Lipinski definition) is 1. The van der Waals surface area contributed by atoms with Crippen molar-refractivity contribution in [1.82, 2.24) is 14.6 Å². The normalized spacial score (nSPS) is 17.5. The Balaban J connectivity index is 1.49. The van der Waals surface area contributed by atoms with Crippen LogP contribution in [-0.4, -0.2) is 33.6 Å². The van der Waals surface area contributed by atoms with Gasteiger partial charge in [0, 0.05) is 25.0 Å². The summed E-state index contributed by atoms with van der Waals surface area (Å²) in [5, 5.41) is 11.3. The minimum Gasteiger partial charge on any atom is -0.340 e. The molecule has 1 amide bonds. The van der Waals surface area contributed by atoms with E-state index in [-0.39, 0.29) is 17.6 Å². The van der Waals surface area contributed by atoms with E-state index in [9.17, 15) is 9.18 Å². The predicted octanol–water partition coefficient (Wildman–Crippen LogP) is 3.03. The number of aryl methyl sites for hydroxylation is 1. The largest absolute Gasteiger partial charge is 0.340 e. The Kier molecular flexibility index (Phi) is 4.28. The molecule has 0 aliphatic carbocycles. The fraction of sp³-hybridized carbons (Fsp3) is 0.316. The van der Waals surface area contributed by atoms with Crippen LogP contribution in [0.1, 0.15) is 18.4 Å². The van der Waals surface area contributed by atoms with Crippen LogP contribution in [0.15, 0.2) is 42.6 Å². The lowest BCUT2D eigenvalue weighted by atomic mass is 9.97. The Morgan fingerprint density at radius 2 is 2.15 bits per heavy atom. The molecule has 1 aliphatic heterocycles. The molecule has 0 radical (unpaired) electrons. The van der Waals surface area contributed by atoms with Gasteiger partial charge in [-0.3, -0.25) is 9.20 Å². The molecule has 0 saturated carbocycles. The van der Waals surface area contributed by atoms with Gasteiger partial charge in [-0.1, -0.05) is 12.1 Å². The Bertz CT molecular complexity index is 954. The van der Waals surface area contributed by atoms with Crippen LogP contribution in [-0.2, 0) is 4.79 Å². The predicted molar refractivity (Wildman–Crippen MR) is 97.7 cm³/mol. The molecule has 3 heterocycles. The molecule has 134 valence electrons. The van der Waals surface area contributed by atoms with E-state index in [1.54, 1.807) is 19.1 Å². The average Bonchev–Trinajstić information content (AvgIpc) is 3.09. The van der Waals surface area contributed by atoms with E-state index in [0.29, 0.717) is 17.8 Å². The molecule has 26 heavy (non-hydrogen) atoms. The first-order chi connectivity index (χ1) is 12.6. The Morgan fingerprint density at radius 1 is 1.27 bits per heavy atom. The number of hydrogen-bond acceptors (Lipinski definition) is 4. The lowest BCUT2D eigenvalue weighted by Gasteiger charge is -2.32. The second-order valence-electron chi connectivity index (χ2n) is 6.67. The molecule has 1 aliphatic rings. The summed E-state index contributed by atoms with van der Waals surface area (Å²) >= 11 is 0. The molecule has 1 unspecified atom stereocenters. The van der Waals surface area contributed by atoms with E-state index in [1.807, 2.05) is 28.8 Å². The van der Waals surface area contributed by atoms with E-state index in [0.717, 1.165) is 31.0 Å². The number of carbonyl (C=O) groups excluding carboxylic acids is 1. The Labute approximate surface area is 150 Å². The third kappa shape index (κ3) is 3.12. The first kappa shape index (κ1) is 16.5. The van der Waals surface area contributed by atoms with Crippen LogP contribution < -0.4 is 10.2 Å². The van der Waals surface area contributed by atoms with Crippen molar-refractivity contribution in [2.75, 3.05) is 23.3 Å². The quantitative estimate of drug-likeness (QED) is 0.786. The van der Waals surface area contributed by atoms with E-state index in [4.69, 9.17) is 0 Å². The zero-order chi connectivity index (χ0) is 18.1. The smallest absolute Gasteiger partial charge is 0.231 e. The second kappa shape index (κ2) is 6.74. The van der Waals surface area contributed by atoms with Crippen LogP contribution in [0.4, 0.5) is 16.0 Å². The van der Waals surface area contributed by atoms with Crippen LogP contribution in [0.5, 0.6) is 0 Å². The highest BCUT2D eigenvalue weighted by atomic mass is 19.1. The molecule has 1 fully saturated rings. The minimum absolute atomic E-state index is 0.0910. The van der Waals surface area contributed by atoms with Crippen molar-refractivity contribution in [3.63, 3.8) is 0 Å². The highest BCUT2D eigenvalue weighted by molar-refractivity contribution is 5.93. The van der Waals surface area contributed by atoms with Crippen molar-refractivity contribution in [3.8, 4) is 0 Å². The van der Waals surface area contributed by atoms with Crippen molar-refractivity contribution >= 4 is 23.2 Å². The maximum atomic E-state index is 13.7. The van der Waals surface area contributed by atoms with Gasteiger partial charge in [-0.15, -0.1) is 10.2 Å². The van der Waals surface area contributed by atoms with Crippen LogP contribution in [0, 0.1) is 18.7 Å². The fourth-order valence-electron chi connectivity index (χ4n) is 3.33. The van der Waals surface area contributed by atoms with Gasteiger partial charge in [-0.05, 0) is 49.6 Å². The van der Waals surface area contributed by atoms with Crippen LogP contribution in [0.3, 0.4) is 0 Å². The summed E-state index contributed by atoms with van der Waals surface area (Å²) in [6.45, 7) is 3.09. The summed E-state index contributed by atoms with van der Waals surface area (Å²) < 4.78 is 15.6. The van der Waals surface area contributed by atoms with Crippen molar-refractivity contribution in [1.29, 1.82) is 0 Å². The summed E-state index contributed by atoms with van der Waals surface area (Å²) in [5.74, 6) is 0.165. The number of piperidine rings is 1. The third-order valence-electron chi connectivity index (χ3n) is 4.81. The van der Waals surface area contributed by atoms with E-state index >= 15 is 0 Å². The first-order valence-electron chi connectivity index (χ1n) is 8.73. The summed E-state index contributed by atoms with van der Waals surface area (Å²) in [4.78, 5) is 14.7. The number of pyridine rings is 1. The number of aromatic nitrogens is 3. The van der Waals surface area contributed by atoms with Crippen LogP contribution >= 0.6 is 0 Å². The highest BCUT2D eigenvalue weighted by Crippen LogP contribution is 2.24. The molecule has 1 atom stereocenters. The number of rotatable bonds is 3. The van der Waals surface area contributed by atoms with Gasteiger partial charge in [-0.2, -0.15) is 0 Å². The van der Waals surface area contributed by atoms with Crippen molar-refractivity contribution < 1.29 is 9.18 Å². The highest BCUT2D eigenvalue weighted by Gasteiger charge is 2.28. The molecule has 1 saturated heterocycles. The van der Waals surface area contributed by atoms with Gasteiger partial charge in [0.25, 0.3) is 0 Å². The van der Waals surface area contributed by atoms with Crippen molar-refractivity contribution in [2.45, 2.75) is 19.8 Å². The molecule has 7 heteroatoms. The van der Waals surface area contributed by atoms with Crippen LogP contribution in [0.25, 0.3) is 5.65 Å². The summed E-state index contributed by atoms with van der Waals surface area (Å²) in [7, 11) is 0. The second-order valence-corrected chi connectivity index (χ2v) is 6.67. The minimum atomic E-state index is -0.317. The fourth-order valence-corrected chi connectivity index (χ4v) is 3.33. The molecule has 2 aromatic heterocycles. The van der Waals surface area contributed by atoms with Gasteiger partial charge in [0.2, 0.25) is 11.9 Å². The number of nitrogens with one attached hydrogen (secondary N) is 1. The third-order valence-corrected chi connectivity index (χ3v) is 4.81. The molecule has 1 N–H and O–H groups in total. The SMILES string of the molecule is Cc1ccc(NC(=O)C2CCCN(c3nnc4ccccn34)C2)cc1F.